The second kappa shape index (κ2) is 3.74. The second-order valence-corrected chi connectivity index (χ2v) is 4.91. The molecular formula is C11H18BF. The van der Waals surface area contributed by atoms with Crippen LogP contribution in [0.2, 0.25) is 5.31 Å². The monoisotopic (exact) mass is 180 g/mol. The summed E-state index contributed by atoms with van der Waals surface area (Å²) >= 11 is 0. The summed E-state index contributed by atoms with van der Waals surface area (Å²) in [5.41, 5.74) is -1.27. The molecule has 0 saturated carbocycles. The summed E-state index contributed by atoms with van der Waals surface area (Å²) in [5.74, 6) is 5.78. The van der Waals surface area contributed by atoms with Gasteiger partial charge in [0.25, 0.3) is 0 Å². The van der Waals surface area contributed by atoms with Gasteiger partial charge in [-0.05, 0) is 24.6 Å². The van der Waals surface area contributed by atoms with Gasteiger partial charge in [0.2, 0.25) is 0 Å². The van der Waals surface area contributed by atoms with Crippen LogP contribution in [0.5, 0.6) is 0 Å². The summed E-state index contributed by atoms with van der Waals surface area (Å²) in [6.45, 7) is 3.87. The third-order valence-electron chi connectivity index (χ3n) is 2.80. The average Bonchev–Trinajstić information content (AvgIpc) is 1.94. The molecule has 0 aromatic carbocycles. The first-order valence-corrected chi connectivity index (χ1v) is 5.15. The fourth-order valence-corrected chi connectivity index (χ4v) is 1.59. The maximum atomic E-state index is 14.3. The predicted octanol–water partition coefficient (Wildman–Crippen LogP) is 2.49. The van der Waals surface area contributed by atoms with Crippen LogP contribution in [0.3, 0.4) is 0 Å². The molecule has 0 bridgehead atoms. The zero-order chi connectivity index (χ0) is 9.95. The van der Waals surface area contributed by atoms with Crippen LogP contribution < -0.4 is 0 Å². The Kier molecular flexibility index (Phi) is 3.06. The molecule has 1 aliphatic carbocycles. The first kappa shape index (κ1) is 10.6. The van der Waals surface area contributed by atoms with Crippen LogP contribution in [0.15, 0.2) is 0 Å². The van der Waals surface area contributed by atoms with Crippen molar-refractivity contribution in [2.45, 2.75) is 56.9 Å². The molecule has 2 heteroatoms. The molecule has 0 saturated heterocycles. The lowest BCUT2D eigenvalue weighted by molar-refractivity contribution is 0.164. The molecule has 0 fully saturated rings. The topological polar surface area (TPSA) is 0 Å². The minimum Gasteiger partial charge on any atom is -0.230 e. The Morgan fingerprint density at radius 3 is 2.62 bits per heavy atom. The van der Waals surface area contributed by atoms with Crippen LogP contribution in [-0.2, 0) is 0 Å². The van der Waals surface area contributed by atoms with Gasteiger partial charge >= 0.3 is 0 Å². The third-order valence-corrected chi connectivity index (χ3v) is 2.80. The van der Waals surface area contributed by atoms with E-state index in [9.17, 15) is 4.39 Å². The van der Waals surface area contributed by atoms with E-state index in [0.717, 1.165) is 25.7 Å². The Morgan fingerprint density at radius 2 is 2.00 bits per heavy atom. The number of alkyl halides is 1. The maximum absolute atomic E-state index is 14.3. The Hall–Kier alpha value is -0.445. The van der Waals surface area contributed by atoms with Gasteiger partial charge in [-0.15, -0.1) is 0 Å². The van der Waals surface area contributed by atoms with E-state index in [1.54, 1.807) is 0 Å². The van der Waals surface area contributed by atoms with E-state index < -0.39 is 5.67 Å². The molecule has 13 heavy (non-hydrogen) atoms. The fourth-order valence-electron chi connectivity index (χ4n) is 1.59. The van der Waals surface area contributed by atoms with E-state index in [2.05, 4.69) is 11.8 Å². The van der Waals surface area contributed by atoms with Crippen LogP contribution in [0.1, 0.15) is 46.0 Å². The quantitative estimate of drug-likeness (QED) is 0.429. The van der Waals surface area contributed by atoms with Gasteiger partial charge in [-0.3, -0.25) is 0 Å². The van der Waals surface area contributed by atoms with E-state index in [4.69, 9.17) is 0 Å². The van der Waals surface area contributed by atoms with Gasteiger partial charge in [-0.25, -0.2) is 4.39 Å². The van der Waals surface area contributed by atoms with Gasteiger partial charge in [0.05, 0.1) is 0 Å². The normalized spacial score (nSPS) is 29.8. The first-order valence-electron chi connectivity index (χ1n) is 5.15. The molecule has 1 atom stereocenters. The summed E-state index contributed by atoms with van der Waals surface area (Å²) in [5, 5.41) is -0.350. The molecule has 0 aliphatic heterocycles. The SMILES string of the molecule is BC(C)(C)C1(F)C#CCCCCC1. The molecule has 72 valence electrons. The van der Waals surface area contributed by atoms with Crippen molar-refractivity contribution in [2.24, 2.45) is 0 Å². The number of hydrogen-bond acceptors (Lipinski definition) is 0. The third kappa shape index (κ3) is 2.50. The van der Waals surface area contributed by atoms with Crippen molar-refractivity contribution in [3.63, 3.8) is 0 Å². The molecule has 0 spiro atoms. The highest BCUT2D eigenvalue weighted by Gasteiger charge is 2.40. The molecule has 0 aromatic rings. The van der Waals surface area contributed by atoms with E-state index >= 15 is 0 Å². The molecule has 0 aromatic heterocycles. The van der Waals surface area contributed by atoms with Gasteiger partial charge in [0.1, 0.15) is 7.85 Å². The molecule has 0 amide bonds. The number of hydrogen-bond donors (Lipinski definition) is 0. The maximum Gasteiger partial charge on any atom is 0.168 e. The Labute approximate surface area is 81.7 Å². The average molecular weight is 180 g/mol. The lowest BCUT2D eigenvalue weighted by atomic mass is 9.60. The van der Waals surface area contributed by atoms with Crippen molar-refractivity contribution in [3.8, 4) is 11.8 Å². The van der Waals surface area contributed by atoms with E-state index in [1.165, 1.54) is 0 Å². The fraction of sp³-hybridized carbons (Fsp3) is 0.818. The highest BCUT2D eigenvalue weighted by atomic mass is 19.1. The molecule has 1 aliphatic rings. The Morgan fingerprint density at radius 1 is 1.31 bits per heavy atom. The van der Waals surface area contributed by atoms with Crippen molar-refractivity contribution in [1.29, 1.82) is 0 Å². The molecule has 0 N–H and O–H groups in total. The summed E-state index contributed by atoms with van der Waals surface area (Å²) in [4.78, 5) is 0. The van der Waals surface area contributed by atoms with Gasteiger partial charge < -0.3 is 0 Å². The van der Waals surface area contributed by atoms with Crippen LogP contribution in [0.4, 0.5) is 4.39 Å². The zero-order valence-electron chi connectivity index (χ0n) is 8.91. The molecule has 0 heterocycles. The number of halogens is 1. The van der Waals surface area contributed by atoms with Crippen LogP contribution in [-0.4, -0.2) is 13.5 Å². The lowest BCUT2D eigenvalue weighted by Gasteiger charge is -2.34. The minimum absolute atomic E-state index is 0.350. The van der Waals surface area contributed by atoms with Crippen molar-refractivity contribution in [3.05, 3.63) is 0 Å². The van der Waals surface area contributed by atoms with Crippen molar-refractivity contribution in [2.75, 3.05) is 0 Å². The highest BCUT2D eigenvalue weighted by Crippen LogP contribution is 2.42. The van der Waals surface area contributed by atoms with Gasteiger partial charge in [0.15, 0.2) is 5.67 Å². The van der Waals surface area contributed by atoms with Crippen LogP contribution in [0.25, 0.3) is 0 Å². The summed E-state index contributed by atoms with van der Waals surface area (Å²) in [6, 6.07) is 0. The van der Waals surface area contributed by atoms with Crippen LogP contribution >= 0.6 is 0 Å². The smallest absolute Gasteiger partial charge is 0.168 e. The Balaban J connectivity index is 2.84. The molecular weight excluding hydrogens is 162 g/mol. The first-order chi connectivity index (χ1) is 5.96. The van der Waals surface area contributed by atoms with E-state index in [-0.39, 0.29) is 5.31 Å². The van der Waals surface area contributed by atoms with Crippen molar-refractivity contribution < 1.29 is 4.39 Å². The molecule has 0 nitrogen and oxygen atoms in total. The van der Waals surface area contributed by atoms with Gasteiger partial charge in [-0.1, -0.05) is 32.1 Å². The van der Waals surface area contributed by atoms with Crippen LogP contribution in [0, 0.1) is 11.8 Å². The molecule has 1 rings (SSSR count). The summed E-state index contributed by atoms with van der Waals surface area (Å²) in [7, 11) is 1.93. The van der Waals surface area contributed by atoms with Gasteiger partial charge in [0, 0.05) is 6.42 Å². The largest absolute Gasteiger partial charge is 0.230 e. The zero-order valence-corrected chi connectivity index (χ0v) is 8.91. The van der Waals surface area contributed by atoms with E-state index in [1.807, 2.05) is 21.7 Å². The second-order valence-electron chi connectivity index (χ2n) is 4.91. The lowest BCUT2D eigenvalue weighted by Crippen LogP contribution is -2.34. The van der Waals surface area contributed by atoms with Gasteiger partial charge in [-0.2, -0.15) is 0 Å². The highest BCUT2D eigenvalue weighted by molar-refractivity contribution is 6.15. The van der Waals surface area contributed by atoms with Crippen molar-refractivity contribution >= 4 is 7.85 Å². The Bertz CT molecular complexity index is 231. The predicted molar refractivity (Wildman–Crippen MR) is 57.3 cm³/mol. The minimum atomic E-state index is -1.27. The molecule has 1 unspecified atom stereocenters. The molecule has 0 radical (unpaired) electrons. The summed E-state index contributed by atoms with van der Waals surface area (Å²) < 4.78 is 14.3. The standard InChI is InChI=1S/C11H18BF/c1-10(2,12)11(13)8-6-4-3-5-7-9-11/h3-6,8,12H2,1-2H3. The number of rotatable bonds is 1. The van der Waals surface area contributed by atoms with Crippen molar-refractivity contribution in [1.82, 2.24) is 0 Å². The summed E-state index contributed by atoms with van der Waals surface area (Å²) in [6.07, 6.45) is 4.69. The van der Waals surface area contributed by atoms with E-state index in [0.29, 0.717) is 6.42 Å².